The van der Waals surface area contributed by atoms with Crippen LogP contribution in [0.2, 0.25) is 0 Å². The second-order valence-corrected chi connectivity index (χ2v) is 6.08. The maximum absolute atomic E-state index is 6.49. The van der Waals surface area contributed by atoms with Gasteiger partial charge >= 0.3 is 0 Å². The molecule has 1 aromatic rings. The normalized spacial score (nSPS) is 18.6. The monoisotopic (exact) mass is 261 g/mol. The average Bonchev–Trinajstić information content (AvgIpc) is 2.46. The van der Waals surface area contributed by atoms with Gasteiger partial charge in [-0.2, -0.15) is 0 Å². The molecule has 0 amide bonds. The quantitative estimate of drug-likeness (QED) is 0.872. The van der Waals surface area contributed by atoms with Gasteiger partial charge in [-0.15, -0.1) is 0 Å². The Bertz CT molecular complexity index is 408. The third kappa shape index (κ3) is 3.30. The molecule has 2 heteroatoms. The Labute approximate surface area is 117 Å². The maximum Gasteiger partial charge on any atom is 0.122 e. The number of nitrogens with two attached hydrogens (primary N) is 1. The number of hydrogen-bond donors (Lipinski definition) is 1. The first-order chi connectivity index (χ1) is 9.13. The molecule has 0 spiro atoms. The summed E-state index contributed by atoms with van der Waals surface area (Å²) in [5, 5.41) is 0. The molecule has 0 bridgehead atoms. The van der Waals surface area contributed by atoms with Crippen LogP contribution in [0.1, 0.15) is 69.0 Å². The van der Waals surface area contributed by atoms with Crippen molar-refractivity contribution in [1.82, 2.24) is 0 Å². The van der Waals surface area contributed by atoms with Crippen molar-refractivity contribution in [3.8, 4) is 5.75 Å². The van der Waals surface area contributed by atoms with Crippen LogP contribution < -0.4 is 10.5 Å². The smallest absolute Gasteiger partial charge is 0.122 e. The van der Waals surface area contributed by atoms with Crippen molar-refractivity contribution in [2.45, 2.75) is 57.9 Å². The first-order valence-electron chi connectivity index (χ1n) is 7.57. The molecule has 1 aromatic carbocycles. The molecule has 1 fully saturated rings. The van der Waals surface area contributed by atoms with Crippen molar-refractivity contribution in [3.63, 3.8) is 0 Å². The summed E-state index contributed by atoms with van der Waals surface area (Å²) in [6.45, 7) is 4.40. The Kier molecular flexibility index (Phi) is 4.87. The van der Waals surface area contributed by atoms with E-state index in [4.69, 9.17) is 10.5 Å². The molecule has 0 radical (unpaired) electrons. The molecule has 0 heterocycles. The zero-order valence-electron chi connectivity index (χ0n) is 12.5. The van der Waals surface area contributed by atoms with Gasteiger partial charge in [0.15, 0.2) is 0 Å². The molecular formula is C17H27NO. The van der Waals surface area contributed by atoms with Crippen molar-refractivity contribution in [1.29, 1.82) is 0 Å². The maximum atomic E-state index is 6.49. The topological polar surface area (TPSA) is 35.2 Å². The van der Waals surface area contributed by atoms with E-state index in [0.717, 1.165) is 5.75 Å². The second kappa shape index (κ2) is 6.42. The molecule has 1 atom stereocenters. The first-order valence-corrected chi connectivity index (χ1v) is 7.57. The summed E-state index contributed by atoms with van der Waals surface area (Å²) < 4.78 is 5.45. The van der Waals surface area contributed by atoms with E-state index in [9.17, 15) is 0 Å². The lowest BCUT2D eigenvalue weighted by Gasteiger charge is -2.28. The summed E-state index contributed by atoms with van der Waals surface area (Å²) in [7, 11) is 1.74. The van der Waals surface area contributed by atoms with Crippen molar-refractivity contribution in [2.75, 3.05) is 7.11 Å². The number of rotatable bonds is 4. The third-order valence-electron chi connectivity index (χ3n) is 4.42. The van der Waals surface area contributed by atoms with Gasteiger partial charge in [-0.3, -0.25) is 0 Å². The van der Waals surface area contributed by atoms with Crippen molar-refractivity contribution < 1.29 is 4.74 Å². The summed E-state index contributed by atoms with van der Waals surface area (Å²) in [5.41, 5.74) is 9.03. The van der Waals surface area contributed by atoms with E-state index in [1.807, 2.05) is 0 Å². The van der Waals surface area contributed by atoms with Gasteiger partial charge < -0.3 is 10.5 Å². The minimum Gasteiger partial charge on any atom is -0.496 e. The molecule has 2 rings (SSSR count). The largest absolute Gasteiger partial charge is 0.496 e. The van der Waals surface area contributed by atoms with Gasteiger partial charge in [0, 0.05) is 6.04 Å². The molecule has 1 unspecified atom stereocenters. The number of hydrogen-bond acceptors (Lipinski definition) is 2. The summed E-state index contributed by atoms with van der Waals surface area (Å²) in [6, 6.07) is 6.66. The molecular weight excluding hydrogens is 234 g/mol. The molecule has 1 saturated carbocycles. The van der Waals surface area contributed by atoms with Crippen LogP contribution in [-0.2, 0) is 0 Å². The zero-order valence-corrected chi connectivity index (χ0v) is 12.5. The van der Waals surface area contributed by atoms with Gasteiger partial charge in [0.25, 0.3) is 0 Å². The Morgan fingerprint density at radius 2 is 1.84 bits per heavy atom. The van der Waals surface area contributed by atoms with E-state index in [0.29, 0.717) is 11.8 Å². The number of methoxy groups -OCH3 is 1. The summed E-state index contributed by atoms with van der Waals surface area (Å²) >= 11 is 0. The SMILES string of the molecule is COc1ccc(C(N)C2CCCCC2)cc1C(C)C. The number of ether oxygens (including phenoxy) is 1. The minimum absolute atomic E-state index is 0.184. The third-order valence-corrected chi connectivity index (χ3v) is 4.42. The predicted octanol–water partition coefficient (Wildman–Crippen LogP) is 4.40. The highest BCUT2D eigenvalue weighted by Gasteiger charge is 2.22. The van der Waals surface area contributed by atoms with Gasteiger partial charge in [0.1, 0.15) is 5.75 Å². The van der Waals surface area contributed by atoms with E-state index in [1.165, 1.54) is 43.2 Å². The van der Waals surface area contributed by atoms with Crippen molar-refractivity contribution >= 4 is 0 Å². The lowest BCUT2D eigenvalue weighted by molar-refractivity contribution is 0.308. The molecule has 2 N–H and O–H groups in total. The molecule has 0 aromatic heterocycles. The predicted molar refractivity (Wildman–Crippen MR) is 80.6 cm³/mol. The van der Waals surface area contributed by atoms with E-state index >= 15 is 0 Å². The molecule has 1 aliphatic carbocycles. The van der Waals surface area contributed by atoms with Crippen LogP contribution in [0.5, 0.6) is 5.75 Å². The molecule has 0 aliphatic heterocycles. The number of benzene rings is 1. The summed E-state index contributed by atoms with van der Waals surface area (Å²) in [5.74, 6) is 2.10. The first kappa shape index (κ1) is 14.4. The van der Waals surface area contributed by atoms with Crippen LogP contribution in [0, 0.1) is 5.92 Å². The van der Waals surface area contributed by atoms with Gasteiger partial charge in [-0.1, -0.05) is 45.2 Å². The molecule has 1 aliphatic rings. The van der Waals surface area contributed by atoms with Crippen LogP contribution in [0.3, 0.4) is 0 Å². The highest BCUT2D eigenvalue weighted by molar-refractivity contribution is 5.40. The van der Waals surface area contributed by atoms with E-state index in [2.05, 4.69) is 32.0 Å². The average molecular weight is 261 g/mol. The highest BCUT2D eigenvalue weighted by Crippen LogP contribution is 2.35. The summed E-state index contributed by atoms with van der Waals surface area (Å²) in [6.07, 6.45) is 6.62. The van der Waals surface area contributed by atoms with Crippen LogP contribution in [0.4, 0.5) is 0 Å². The Morgan fingerprint density at radius 1 is 1.16 bits per heavy atom. The van der Waals surface area contributed by atoms with E-state index < -0.39 is 0 Å². The second-order valence-electron chi connectivity index (χ2n) is 6.08. The van der Waals surface area contributed by atoms with Gasteiger partial charge in [-0.05, 0) is 41.9 Å². The van der Waals surface area contributed by atoms with Gasteiger partial charge in [-0.25, -0.2) is 0 Å². The highest BCUT2D eigenvalue weighted by atomic mass is 16.5. The van der Waals surface area contributed by atoms with Crippen molar-refractivity contribution in [3.05, 3.63) is 29.3 Å². The molecule has 2 nitrogen and oxygen atoms in total. The molecule has 106 valence electrons. The van der Waals surface area contributed by atoms with Gasteiger partial charge in [0.05, 0.1) is 7.11 Å². The Hall–Kier alpha value is -1.02. The van der Waals surface area contributed by atoms with E-state index in [-0.39, 0.29) is 6.04 Å². The zero-order chi connectivity index (χ0) is 13.8. The standard InChI is InChI=1S/C17H27NO/c1-12(2)15-11-14(9-10-16(15)19-3)17(18)13-7-5-4-6-8-13/h9-13,17H,4-8,18H2,1-3H3. The van der Waals surface area contributed by atoms with Crippen LogP contribution >= 0.6 is 0 Å². The van der Waals surface area contributed by atoms with Gasteiger partial charge in [0.2, 0.25) is 0 Å². The molecule has 0 saturated heterocycles. The fourth-order valence-electron chi connectivity index (χ4n) is 3.18. The Morgan fingerprint density at radius 3 is 2.42 bits per heavy atom. The lowest BCUT2D eigenvalue weighted by Crippen LogP contribution is -2.23. The fourth-order valence-corrected chi connectivity index (χ4v) is 3.18. The van der Waals surface area contributed by atoms with Crippen LogP contribution in [-0.4, -0.2) is 7.11 Å². The van der Waals surface area contributed by atoms with Crippen LogP contribution in [0.15, 0.2) is 18.2 Å². The van der Waals surface area contributed by atoms with E-state index in [1.54, 1.807) is 7.11 Å². The molecule has 19 heavy (non-hydrogen) atoms. The van der Waals surface area contributed by atoms with Crippen LogP contribution in [0.25, 0.3) is 0 Å². The summed E-state index contributed by atoms with van der Waals surface area (Å²) in [4.78, 5) is 0. The lowest BCUT2D eigenvalue weighted by atomic mass is 9.81. The van der Waals surface area contributed by atoms with Crippen molar-refractivity contribution in [2.24, 2.45) is 11.7 Å². The fraction of sp³-hybridized carbons (Fsp3) is 0.647. The Balaban J connectivity index is 2.21. The minimum atomic E-state index is 0.184.